The lowest BCUT2D eigenvalue weighted by molar-refractivity contribution is -0.359. The second-order valence-electron chi connectivity index (χ2n) is 27.1. The predicted molar refractivity (Wildman–Crippen MR) is 378 cm³/mol. The van der Waals surface area contributed by atoms with Crippen molar-refractivity contribution >= 4 is 5.91 Å². The van der Waals surface area contributed by atoms with Gasteiger partial charge in [0, 0.05) is 6.42 Å². The van der Waals surface area contributed by atoms with Crippen LogP contribution in [0.3, 0.4) is 0 Å². The first-order valence-corrected chi connectivity index (χ1v) is 38.5. The zero-order valence-electron chi connectivity index (χ0n) is 58.8. The molecule has 0 aromatic rings. The highest BCUT2D eigenvalue weighted by atomic mass is 16.7. The molecule has 9 N–H and O–H groups in total. The van der Waals surface area contributed by atoms with Gasteiger partial charge in [0.05, 0.1) is 32.0 Å². The molecule has 0 radical (unpaired) electrons. The second kappa shape index (κ2) is 62.2. The highest BCUT2D eigenvalue weighted by Crippen LogP contribution is 2.30. The Labute approximate surface area is 562 Å². The topological polar surface area (TPSA) is 228 Å². The lowest BCUT2D eigenvalue weighted by Crippen LogP contribution is -2.65. The summed E-state index contributed by atoms with van der Waals surface area (Å²) in [6, 6.07) is -0.838. The Balaban J connectivity index is 1.62. The largest absolute Gasteiger partial charge is 0.394 e. The van der Waals surface area contributed by atoms with Crippen molar-refractivity contribution in [1.82, 2.24) is 5.32 Å². The minimum Gasteiger partial charge on any atom is -0.394 e. The lowest BCUT2D eigenvalue weighted by atomic mass is 9.97. The summed E-state index contributed by atoms with van der Waals surface area (Å²) in [6.45, 7) is 2.79. The molecule has 2 aliphatic rings. The zero-order valence-corrected chi connectivity index (χ0v) is 58.8. The number of aliphatic hydroxyl groups excluding tert-OH is 8. The van der Waals surface area contributed by atoms with Crippen LogP contribution in [-0.4, -0.2) is 140 Å². The summed E-state index contributed by atoms with van der Waals surface area (Å²) in [5, 5.41) is 87.8. The third-order valence-electron chi connectivity index (χ3n) is 18.7. The fourth-order valence-electron chi connectivity index (χ4n) is 12.7. The molecule has 2 heterocycles. The highest BCUT2D eigenvalue weighted by molar-refractivity contribution is 5.76. The van der Waals surface area contributed by atoms with Crippen molar-refractivity contribution < 1.29 is 64.6 Å². The summed E-state index contributed by atoms with van der Waals surface area (Å²) in [7, 11) is 0. The van der Waals surface area contributed by atoms with Crippen LogP contribution in [0.2, 0.25) is 0 Å². The first-order valence-electron chi connectivity index (χ1n) is 38.5. The van der Waals surface area contributed by atoms with E-state index in [-0.39, 0.29) is 12.5 Å². The monoisotopic (exact) mass is 1300 g/mol. The average Bonchev–Trinajstić information content (AvgIpc) is 0.865. The minimum absolute atomic E-state index is 0.210. The minimum atomic E-state index is -1.79. The lowest BCUT2D eigenvalue weighted by Gasteiger charge is -2.46. The van der Waals surface area contributed by atoms with Crippen LogP contribution < -0.4 is 5.32 Å². The van der Waals surface area contributed by atoms with E-state index in [9.17, 15) is 45.6 Å². The Bertz CT molecular complexity index is 1780. The van der Waals surface area contributed by atoms with Gasteiger partial charge < -0.3 is 65.1 Å². The van der Waals surface area contributed by atoms with Crippen LogP contribution >= 0.6 is 0 Å². The van der Waals surface area contributed by atoms with Crippen LogP contribution in [0, 0.1) is 0 Å². The van der Waals surface area contributed by atoms with Crippen molar-refractivity contribution in [2.24, 2.45) is 0 Å². The van der Waals surface area contributed by atoms with Crippen molar-refractivity contribution in [2.45, 2.75) is 408 Å². The number of allylic oxidation sites excluding steroid dienone is 10. The summed E-state index contributed by atoms with van der Waals surface area (Å²) in [5.41, 5.74) is 0. The summed E-state index contributed by atoms with van der Waals surface area (Å²) >= 11 is 0. The van der Waals surface area contributed by atoms with Crippen molar-refractivity contribution in [2.75, 3.05) is 19.8 Å². The van der Waals surface area contributed by atoms with E-state index in [2.05, 4.69) is 79.9 Å². The number of ether oxygens (including phenoxy) is 4. The van der Waals surface area contributed by atoms with E-state index in [1.165, 1.54) is 218 Å². The van der Waals surface area contributed by atoms with E-state index in [1.54, 1.807) is 0 Å². The SMILES string of the molecule is CC/C=C\C/C=C\C/C=C\C/C=C\C/C=C\CCCCCCCCCCCC(=O)NC(COC1OC(CO)C(OC2OC(CO)C(O)C(O)C2O)C(O)C1O)C(O)CCCCCCCCCCCCCCCCCCCCCCCCCCCCCCCCCCC. The molecule has 2 aliphatic heterocycles. The fourth-order valence-corrected chi connectivity index (χ4v) is 12.7. The van der Waals surface area contributed by atoms with Gasteiger partial charge in [0.1, 0.15) is 48.8 Å². The molecule has 2 fully saturated rings. The van der Waals surface area contributed by atoms with Gasteiger partial charge in [0.2, 0.25) is 5.91 Å². The van der Waals surface area contributed by atoms with E-state index in [1.807, 2.05) is 0 Å². The molecule has 12 unspecified atom stereocenters. The van der Waals surface area contributed by atoms with Gasteiger partial charge in [-0.2, -0.15) is 0 Å². The van der Waals surface area contributed by atoms with Gasteiger partial charge in [-0.25, -0.2) is 0 Å². The number of aliphatic hydroxyl groups is 8. The normalized spacial score (nSPS) is 23.0. The van der Waals surface area contributed by atoms with Crippen LogP contribution in [0.25, 0.3) is 0 Å². The maximum atomic E-state index is 13.4. The molecule has 0 aromatic carbocycles. The summed E-state index contributed by atoms with van der Waals surface area (Å²) in [4.78, 5) is 13.4. The van der Waals surface area contributed by atoms with Gasteiger partial charge in [-0.15, -0.1) is 0 Å². The highest BCUT2D eigenvalue weighted by Gasteiger charge is 2.51. The molecule has 14 heteroatoms. The molecule has 0 saturated carbocycles. The van der Waals surface area contributed by atoms with Crippen molar-refractivity contribution in [3.63, 3.8) is 0 Å². The number of hydrogen-bond acceptors (Lipinski definition) is 13. The Morgan fingerprint density at radius 1 is 0.402 bits per heavy atom. The number of carbonyl (C=O) groups excluding carboxylic acids is 1. The van der Waals surface area contributed by atoms with Crippen LogP contribution in [0.15, 0.2) is 60.8 Å². The Morgan fingerprint density at radius 2 is 0.750 bits per heavy atom. The number of unbranched alkanes of at least 4 members (excludes halogenated alkanes) is 41. The quantitative estimate of drug-likeness (QED) is 0.0204. The van der Waals surface area contributed by atoms with E-state index < -0.39 is 86.8 Å². The molecule has 12 atom stereocenters. The van der Waals surface area contributed by atoms with Crippen LogP contribution in [-0.2, 0) is 23.7 Å². The van der Waals surface area contributed by atoms with Gasteiger partial charge in [0.25, 0.3) is 0 Å². The second-order valence-corrected chi connectivity index (χ2v) is 27.1. The van der Waals surface area contributed by atoms with Crippen LogP contribution in [0.1, 0.15) is 335 Å². The molecular formula is C78H143NO13. The van der Waals surface area contributed by atoms with E-state index >= 15 is 0 Å². The standard InChI is InChI=1S/C78H143NO13/c1-3-5-7-9-11-13-15-17-19-21-23-25-27-29-30-31-32-33-34-35-36-38-39-41-43-45-47-49-51-53-55-57-59-61-67(82)66(65-89-77-75(88)73(86)76(69(64-81)91-77)92-78-74(87)72(85)71(84)68(63-80)90-78)79-70(83)62-60-58-56-54-52-50-48-46-44-42-40-37-28-26-24-22-20-18-16-14-12-10-8-6-4-2/h6,8,12,14,18,20,24,26,37,40,66-69,71-78,80-82,84-88H,3-5,7,9-11,13,15-17,19,21-23,25,27-36,38-39,41-65H2,1-2H3,(H,79,83)/b8-6-,14-12-,20-18-,26-24-,40-37-. The fraction of sp³-hybridized carbons (Fsp3) is 0.859. The van der Waals surface area contributed by atoms with E-state index in [0.29, 0.717) is 19.3 Å². The Kier molecular flexibility index (Phi) is 58.0. The maximum Gasteiger partial charge on any atom is 0.220 e. The van der Waals surface area contributed by atoms with Gasteiger partial charge in [-0.1, -0.05) is 331 Å². The molecule has 1 amide bonds. The maximum absolute atomic E-state index is 13.4. The van der Waals surface area contributed by atoms with Gasteiger partial charge >= 0.3 is 0 Å². The molecule has 0 spiro atoms. The summed E-state index contributed by atoms with van der Waals surface area (Å²) in [6.07, 6.45) is 66.8. The van der Waals surface area contributed by atoms with E-state index in [0.717, 1.165) is 83.5 Å². The Hall–Kier alpha value is -2.31. The number of nitrogens with one attached hydrogen (secondary N) is 1. The van der Waals surface area contributed by atoms with Gasteiger partial charge in [-0.3, -0.25) is 4.79 Å². The number of rotatable bonds is 64. The smallest absolute Gasteiger partial charge is 0.220 e. The average molecular weight is 1300 g/mol. The molecule has 538 valence electrons. The zero-order chi connectivity index (χ0) is 66.6. The Morgan fingerprint density at radius 3 is 1.15 bits per heavy atom. The third-order valence-corrected chi connectivity index (χ3v) is 18.7. The van der Waals surface area contributed by atoms with Crippen LogP contribution in [0.5, 0.6) is 0 Å². The number of amides is 1. The summed E-state index contributed by atoms with van der Waals surface area (Å²) in [5.74, 6) is -0.210. The van der Waals surface area contributed by atoms with Crippen molar-refractivity contribution in [3.05, 3.63) is 60.8 Å². The predicted octanol–water partition coefficient (Wildman–Crippen LogP) is 16.8. The first-order chi connectivity index (χ1) is 45.1. The number of carbonyl (C=O) groups is 1. The molecular weight excluding hydrogens is 1160 g/mol. The first kappa shape index (κ1) is 85.8. The van der Waals surface area contributed by atoms with E-state index in [4.69, 9.17) is 18.9 Å². The molecule has 0 aliphatic carbocycles. The molecule has 0 bridgehead atoms. The molecule has 2 saturated heterocycles. The number of hydrogen-bond donors (Lipinski definition) is 9. The summed E-state index contributed by atoms with van der Waals surface area (Å²) < 4.78 is 23.0. The van der Waals surface area contributed by atoms with Crippen LogP contribution in [0.4, 0.5) is 0 Å². The van der Waals surface area contributed by atoms with Crippen molar-refractivity contribution in [3.8, 4) is 0 Å². The van der Waals surface area contributed by atoms with Crippen molar-refractivity contribution in [1.29, 1.82) is 0 Å². The molecule has 0 aromatic heterocycles. The molecule has 2 rings (SSSR count). The third kappa shape index (κ3) is 45.2. The van der Waals surface area contributed by atoms with Gasteiger partial charge in [0.15, 0.2) is 12.6 Å². The van der Waals surface area contributed by atoms with Gasteiger partial charge in [-0.05, 0) is 57.8 Å². The molecule has 92 heavy (non-hydrogen) atoms. The molecule has 14 nitrogen and oxygen atoms in total.